The van der Waals surface area contributed by atoms with Gasteiger partial charge in [0.2, 0.25) is 0 Å². The number of methoxy groups -OCH3 is 1. The molecule has 1 saturated heterocycles. The monoisotopic (exact) mass is 308 g/mol. The van der Waals surface area contributed by atoms with Crippen molar-refractivity contribution in [3.8, 4) is 0 Å². The molecule has 22 heavy (non-hydrogen) atoms. The minimum atomic E-state index is -0.467. The smallest absolute Gasteiger partial charge is 0.184 e. The molecule has 0 radical (unpaired) electrons. The summed E-state index contributed by atoms with van der Waals surface area (Å²) in [6, 6.07) is 10.1. The minimum absolute atomic E-state index is 0.138. The van der Waals surface area contributed by atoms with Crippen LogP contribution in [-0.4, -0.2) is 36.8 Å². The van der Waals surface area contributed by atoms with Crippen molar-refractivity contribution in [2.75, 3.05) is 7.11 Å². The van der Waals surface area contributed by atoms with Crippen molar-refractivity contribution in [3.05, 3.63) is 35.9 Å². The molecule has 2 unspecified atom stereocenters. The molecular weight excluding hydrogens is 280 g/mol. The van der Waals surface area contributed by atoms with Gasteiger partial charge >= 0.3 is 0 Å². The maximum atomic E-state index is 10.2. The maximum Gasteiger partial charge on any atom is 0.184 e. The SMILES string of the molecule is CC[C@@H](O)C1O[C@H](OC)C(OCc2ccccc2)[C@@H](C)[C@@H]1C. The lowest BCUT2D eigenvalue weighted by molar-refractivity contribution is -0.288. The molecule has 1 fully saturated rings. The summed E-state index contributed by atoms with van der Waals surface area (Å²) in [5.41, 5.74) is 1.13. The zero-order chi connectivity index (χ0) is 16.1. The Balaban J connectivity index is 2.04. The first-order chi connectivity index (χ1) is 10.6. The third-order valence-corrected chi connectivity index (χ3v) is 4.74. The van der Waals surface area contributed by atoms with E-state index in [1.807, 2.05) is 37.3 Å². The van der Waals surface area contributed by atoms with E-state index in [2.05, 4.69) is 13.8 Å². The second-order valence-electron chi connectivity index (χ2n) is 6.16. The van der Waals surface area contributed by atoms with Gasteiger partial charge in [-0.2, -0.15) is 0 Å². The van der Waals surface area contributed by atoms with Gasteiger partial charge in [-0.3, -0.25) is 0 Å². The van der Waals surface area contributed by atoms with E-state index in [1.165, 1.54) is 0 Å². The highest BCUT2D eigenvalue weighted by molar-refractivity contribution is 5.13. The number of ether oxygens (including phenoxy) is 3. The van der Waals surface area contributed by atoms with Crippen molar-refractivity contribution >= 4 is 0 Å². The van der Waals surface area contributed by atoms with E-state index in [9.17, 15) is 5.11 Å². The Morgan fingerprint density at radius 1 is 1.18 bits per heavy atom. The van der Waals surface area contributed by atoms with Crippen molar-refractivity contribution in [3.63, 3.8) is 0 Å². The first-order valence-corrected chi connectivity index (χ1v) is 8.10. The lowest BCUT2D eigenvalue weighted by atomic mass is 9.81. The Morgan fingerprint density at radius 2 is 1.86 bits per heavy atom. The molecule has 0 aliphatic carbocycles. The summed E-state index contributed by atoms with van der Waals surface area (Å²) >= 11 is 0. The summed E-state index contributed by atoms with van der Waals surface area (Å²) in [7, 11) is 1.63. The van der Waals surface area contributed by atoms with Crippen molar-refractivity contribution < 1.29 is 19.3 Å². The van der Waals surface area contributed by atoms with Gasteiger partial charge in [-0.05, 0) is 23.8 Å². The van der Waals surface area contributed by atoms with Crippen LogP contribution >= 0.6 is 0 Å². The number of aliphatic hydroxyl groups excluding tert-OH is 1. The molecule has 1 aromatic carbocycles. The molecule has 0 spiro atoms. The molecule has 1 aliphatic rings. The van der Waals surface area contributed by atoms with E-state index < -0.39 is 12.4 Å². The van der Waals surface area contributed by atoms with Crippen LogP contribution in [0.4, 0.5) is 0 Å². The van der Waals surface area contributed by atoms with Crippen molar-refractivity contribution in [1.29, 1.82) is 0 Å². The van der Waals surface area contributed by atoms with E-state index in [-0.39, 0.29) is 24.0 Å². The Hall–Kier alpha value is -0.940. The Kier molecular flexibility index (Phi) is 6.38. The summed E-state index contributed by atoms with van der Waals surface area (Å²) in [6.45, 7) is 6.75. The molecule has 4 heteroatoms. The molecule has 124 valence electrons. The molecule has 6 atom stereocenters. The lowest BCUT2D eigenvalue weighted by Gasteiger charge is -2.45. The Morgan fingerprint density at radius 3 is 2.45 bits per heavy atom. The van der Waals surface area contributed by atoms with Gasteiger partial charge in [-0.25, -0.2) is 0 Å². The highest BCUT2D eigenvalue weighted by atomic mass is 16.7. The Labute approximate surface area is 133 Å². The number of hydrogen-bond donors (Lipinski definition) is 1. The van der Waals surface area contributed by atoms with Crippen LogP contribution < -0.4 is 0 Å². The molecule has 0 bridgehead atoms. The number of benzene rings is 1. The predicted molar refractivity (Wildman–Crippen MR) is 85.3 cm³/mol. The van der Waals surface area contributed by atoms with Crippen LogP contribution in [0.15, 0.2) is 30.3 Å². The standard InChI is InChI=1S/C18H28O4/c1-5-15(19)16-12(2)13(3)17(18(20-4)22-16)21-11-14-9-7-6-8-10-14/h6-10,12-13,15-19H,5,11H2,1-4H3/t12-,13-,15+,16?,17?,18-/m0/s1. The fraction of sp³-hybridized carbons (Fsp3) is 0.667. The van der Waals surface area contributed by atoms with Crippen LogP contribution in [0.2, 0.25) is 0 Å². The lowest BCUT2D eigenvalue weighted by Crippen LogP contribution is -2.54. The number of rotatable bonds is 6. The topological polar surface area (TPSA) is 47.9 Å². The van der Waals surface area contributed by atoms with E-state index in [0.29, 0.717) is 13.0 Å². The fourth-order valence-electron chi connectivity index (χ4n) is 3.06. The highest BCUT2D eigenvalue weighted by Gasteiger charge is 2.44. The molecule has 0 aromatic heterocycles. The van der Waals surface area contributed by atoms with Gasteiger partial charge in [0.05, 0.1) is 18.8 Å². The van der Waals surface area contributed by atoms with E-state index >= 15 is 0 Å². The van der Waals surface area contributed by atoms with Crippen molar-refractivity contribution in [2.24, 2.45) is 11.8 Å². The third-order valence-electron chi connectivity index (χ3n) is 4.74. The first-order valence-electron chi connectivity index (χ1n) is 8.10. The molecular formula is C18H28O4. The summed E-state index contributed by atoms with van der Waals surface area (Å²) in [5, 5.41) is 10.2. The van der Waals surface area contributed by atoms with Crippen LogP contribution in [0.25, 0.3) is 0 Å². The van der Waals surface area contributed by atoms with Gasteiger partial charge in [0.1, 0.15) is 6.10 Å². The summed E-state index contributed by atoms with van der Waals surface area (Å²) < 4.78 is 17.5. The van der Waals surface area contributed by atoms with Crippen LogP contribution in [0.3, 0.4) is 0 Å². The van der Waals surface area contributed by atoms with E-state index in [4.69, 9.17) is 14.2 Å². The summed E-state index contributed by atoms with van der Waals surface area (Å²) in [4.78, 5) is 0. The first kappa shape index (κ1) is 17.4. The minimum Gasteiger partial charge on any atom is -0.390 e. The summed E-state index contributed by atoms with van der Waals surface area (Å²) in [5.74, 6) is 0.454. The third kappa shape index (κ3) is 3.87. The molecule has 4 nitrogen and oxygen atoms in total. The average molecular weight is 308 g/mol. The molecule has 0 saturated carbocycles. The van der Waals surface area contributed by atoms with E-state index in [1.54, 1.807) is 7.11 Å². The van der Waals surface area contributed by atoms with Crippen LogP contribution in [0.1, 0.15) is 32.8 Å². The normalized spacial score (nSPS) is 33.6. The predicted octanol–water partition coefficient (Wildman–Crippen LogP) is 2.99. The second kappa shape index (κ2) is 8.06. The highest BCUT2D eigenvalue weighted by Crippen LogP contribution is 2.35. The summed E-state index contributed by atoms with van der Waals surface area (Å²) in [6.07, 6.45) is -0.582. The van der Waals surface area contributed by atoms with Crippen LogP contribution in [-0.2, 0) is 20.8 Å². The molecule has 0 amide bonds. The molecule has 1 N–H and O–H groups in total. The largest absolute Gasteiger partial charge is 0.390 e. The number of hydrogen-bond acceptors (Lipinski definition) is 4. The fourth-order valence-corrected chi connectivity index (χ4v) is 3.06. The van der Waals surface area contributed by atoms with Gasteiger partial charge in [0.25, 0.3) is 0 Å². The van der Waals surface area contributed by atoms with Gasteiger partial charge in [0.15, 0.2) is 6.29 Å². The molecule has 2 rings (SSSR count). The van der Waals surface area contributed by atoms with Crippen molar-refractivity contribution in [2.45, 2.75) is 58.4 Å². The zero-order valence-corrected chi connectivity index (χ0v) is 13.9. The van der Waals surface area contributed by atoms with Gasteiger partial charge in [-0.1, -0.05) is 51.1 Å². The Bertz CT molecular complexity index is 434. The average Bonchev–Trinajstić information content (AvgIpc) is 2.56. The quantitative estimate of drug-likeness (QED) is 0.877. The molecule has 1 heterocycles. The van der Waals surface area contributed by atoms with Gasteiger partial charge < -0.3 is 19.3 Å². The zero-order valence-electron chi connectivity index (χ0n) is 13.9. The van der Waals surface area contributed by atoms with Gasteiger partial charge in [-0.15, -0.1) is 0 Å². The molecule has 1 aliphatic heterocycles. The van der Waals surface area contributed by atoms with Gasteiger partial charge in [0, 0.05) is 7.11 Å². The van der Waals surface area contributed by atoms with Crippen LogP contribution in [0.5, 0.6) is 0 Å². The number of aliphatic hydroxyl groups is 1. The maximum absolute atomic E-state index is 10.2. The van der Waals surface area contributed by atoms with E-state index in [0.717, 1.165) is 5.56 Å². The van der Waals surface area contributed by atoms with Crippen molar-refractivity contribution in [1.82, 2.24) is 0 Å². The second-order valence-corrected chi connectivity index (χ2v) is 6.16. The molecule has 1 aromatic rings. The van der Waals surface area contributed by atoms with Crippen LogP contribution in [0, 0.1) is 11.8 Å².